The topological polar surface area (TPSA) is 66.5 Å². The van der Waals surface area contributed by atoms with Gasteiger partial charge >= 0.3 is 6.18 Å². The molecule has 0 aromatic heterocycles. The van der Waals surface area contributed by atoms with Crippen LogP contribution in [-0.2, 0) is 9.59 Å². The van der Waals surface area contributed by atoms with Gasteiger partial charge in [-0.05, 0) is 42.0 Å². The lowest BCUT2D eigenvalue weighted by Crippen LogP contribution is -2.50. The summed E-state index contributed by atoms with van der Waals surface area (Å²) in [5.41, 5.74) is 1.09. The molecule has 0 spiro atoms. The average molecular weight is 631 g/mol. The van der Waals surface area contributed by atoms with Crippen molar-refractivity contribution in [2.75, 3.05) is 18.4 Å². The number of nitrogens with one attached hydrogen (secondary N) is 1. The minimum atomic E-state index is -4.40. The molecular formula is C25H20Cl5F3N2O3. The van der Waals surface area contributed by atoms with Crippen LogP contribution in [0.3, 0.4) is 0 Å². The van der Waals surface area contributed by atoms with Crippen molar-refractivity contribution in [3.05, 3.63) is 62.6 Å². The molecule has 2 aromatic carbocycles. The number of hydrogen-bond acceptors (Lipinski definition) is 3. The highest BCUT2D eigenvalue weighted by atomic mass is 35.5. The number of carbonyl (C=O) groups excluding carboxylic acids is 3. The molecule has 4 rings (SSSR count). The predicted molar refractivity (Wildman–Crippen MR) is 142 cm³/mol. The molecule has 2 unspecified atom stereocenters. The van der Waals surface area contributed by atoms with Gasteiger partial charge in [-0.2, -0.15) is 13.2 Å². The van der Waals surface area contributed by atoms with Crippen LogP contribution >= 0.6 is 58.0 Å². The quantitative estimate of drug-likeness (QED) is 0.242. The second-order valence-corrected chi connectivity index (χ2v) is 12.1. The van der Waals surface area contributed by atoms with E-state index in [0.29, 0.717) is 21.3 Å². The normalized spacial score (nSPS) is 20.6. The molecule has 38 heavy (non-hydrogen) atoms. The molecule has 2 aromatic rings. The summed E-state index contributed by atoms with van der Waals surface area (Å²) in [7, 11) is 0. The molecule has 1 saturated heterocycles. The third kappa shape index (κ3) is 6.70. The van der Waals surface area contributed by atoms with Crippen molar-refractivity contribution >= 4 is 81.3 Å². The molecule has 1 aliphatic heterocycles. The van der Waals surface area contributed by atoms with Crippen molar-refractivity contribution in [2.45, 2.75) is 35.7 Å². The molecule has 13 heteroatoms. The zero-order chi connectivity index (χ0) is 28.0. The highest BCUT2D eigenvalue weighted by Gasteiger charge is 2.67. The van der Waals surface area contributed by atoms with Gasteiger partial charge in [0, 0.05) is 59.1 Å². The van der Waals surface area contributed by atoms with E-state index in [1.165, 1.54) is 23.1 Å². The van der Waals surface area contributed by atoms with E-state index < -0.39 is 47.0 Å². The Labute approximate surface area is 241 Å². The Hall–Kier alpha value is -1.71. The van der Waals surface area contributed by atoms with Crippen LogP contribution in [0, 0.1) is 11.8 Å². The lowest BCUT2D eigenvalue weighted by atomic mass is 9.91. The van der Waals surface area contributed by atoms with Crippen LogP contribution < -0.4 is 5.32 Å². The first-order valence-electron chi connectivity index (χ1n) is 11.5. The van der Waals surface area contributed by atoms with Crippen LogP contribution in [0.15, 0.2) is 36.4 Å². The average Bonchev–Trinajstić information content (AvgIpc) is 3.36. The standard InChI is InChI=1S/C25H20Cl5F3N2O3/c26-14-6-13(7-15(27)8-14)21-22(25(21,29)30)23(38)34-16-1-2-18(28)17(9-16)19(36)5-12-10-35(11-12)20(37)3-4-24(31,32)33/h1-2,6-9,12,21-22H,3-5,10-11H2,(H,34,38). The van der Waals surface area contributed by atoms with Crippen LogP contribution in [0.5, 0.6) is 0 Å². The Morgan fingerprint density at radius 2 is 1.63 bits per heavy atom. The molecule has 1 aliphatic carbocycles. The Balaban J connectivity index is 1.35. The summed E-state index contributed by atoms with van der Waals surface area (Å²) in [6.07, 6.45) is -6.14. The Morgan fingerprint density at radius 3 is 2.24 bits per heavy atom. The van der Waals surface area contributed by atoms with Gasteiger partial charge in [0.05, 0.1) is 17.4 Å². The number of likely N-dealkylation sites (tertiary alicyclic amines) is 1. The van der Waals surface area contributed by atoms with Gasteiger partial charge in [-0.3, -0.25) is 14.4 Å². The number of halogens is 8. The fourth-order valence-corrected chi connectivity index (χ4v) is 6.13. The highest BCUT2D eigenvalue weighted by Crippen LogP contribution is 2.65. The number of carbonyl (C=O) groups is 3. The molecule has 2 fully saturated rings. The maximum Gasteiger partial charge on any atom is 0.389 e. The first-order chi connectivity index (χ1) is 17.7. The summed E-state index contributed by atoms with van der Waals surface area (Å²) >= 11 is 31.1. The van der Waals surface area contributed by atoms with E-state index in [2.05, 4.69) is 5.32 Å². The number of hydrogen-bond donors (Lipinski definition) is 1. The molecule has 1 saturated carbocycles. The monoisotopic (exact) mass is 628 g/mol. The lowest BCUT2D eigenvalue weighted by molar-refractivity contribution is -0.152. The number of benzene rings is 2. The van der Waals surface area contributed by atoms with Crippen LogP contribution in [0.1, 0.15) is 41.1 Å². The smallest absolute Gasteiger partial charge is 0.342 e. The third-order valence-corrected chi connectivity index (χ3v) is 8.23. The molecule has 204 valence electrons. The number of alkyl halides is 5. The summed E-state index contributed by atoms with van der Waals surface area (Å²) < 4.78 is 35.6. The van der Waals surface area contributed by atoms with Crippen molar-refractivity contribution in [2.24, 2.45) is 11.8 Å². The predicted octanol–water partition coefficient (Wildman–Crippen LogP) is 7.55. The van der Waals surface area contributed by atoms with E-state index in [0.717, 1.165) is 0 Å². The highest BCUT2D eigenvalue weighted by molar-refractivity contribution is 6.53. The molecule has 2 amide bonds. The first kappa shape index (κ1) is 29.3. The van der Waals surface area contributed by atoms with Crippen molar-refractivity contribution in [3.63, 3.8) is 0 Å². The zero-order valence-corrected chi connectivity index (χ0v) is 23.2. The zero-order valence-electron chi connectivity index (χ0n) is 19.4. The second-order valence-electron chi connectivity index (χ2n) is 9.42. The molecule has 0 radical (unpaired) electrons. The van der Waals surface area contributed by atoms with E-state index >= 15 is 0 Å². The van der Waals surface area contributed by atoms with Gasteiger partial charge < -0.3 is 10.2 Å². The van der Waals surface area contributed by atoms with Crippen LogP contribution in [0.2, 0.25) is 15.1 Å². The maximum absolute atomic E-state index is 13.0. The summed E-state index contributed by atoms with van der Waals surface area (Å²) in [4.78, 5) is 39.0. The van der Waals surface area contributed by atoms with E-state index in [1.807, 2.05) is 0 Å². The van der Waals surface area contributed by atoms with Crippen LogP contribution in [-0.4, -0.2) is 46.1 Å². The molecule has 2 aliphatic rings. The maximum atomic E-state index is 13.0. The van der Waals surface area contributed by atoms with Crippen molar-refractivity contribution in [1.82, 2.24) is 4.90 Å². The van der Waals surface area contributed by atoms with Gasteiger partial charge in [0.2, 0.25) is 11.8 Å². The minimum absolute atomic E-state index is 0.0485. The van der Waals surface area contributed by atoms with Crippen molar-refractivity contribution < 1.29 is 27.6 Å². The Kier molecular flexibility index (Phi) is 8.51. The van der Waals surface area contributed by atoms with Gasteiger partial charge in [-0.25, -0.2) is 0 Å². The molecule has 1 N–H and O–H groups in total. The molecule has 5 nitrogen and oxygen atoms in total. The summed E-state index contributed by atoms with van der Waals surface area (Å²) in [6, 6.07) is 9.25. The first-order valence-corrected chi connectivity index (χ1v) is 13.4. The molecular weight excluding hydrogens is 611 g/mol. The Morgan fingerprint density at radius 1 is 1.00 bits per heavy atom. The molecule has 0 bridgehead atoms. The summed E-state index contributed by atoms with van der Waals surface area (Å²) in [6.45, 7) is 0.390. The van der Waals surface area contributed by atoms with Gasteiger partial charge in [0.1, 0.15) is 4.33 Å². The lowest BCUT2D eigenvalue weighted by Gasteiger charge is -2.39. The number of Topliss-reactive ketones (excluding diaryl/α,β-unsaturated/α-hetero) is 1. The minimum Gasteiger partial charge on any atom is -0.342 e. The van der Waals surface area contributed by atoms with E-state index in [9.17, 15) is 27.6 Å². The number of nitrogens with zero attached hydrogens (tertiary/aromatic N) is 1. The summed E-state index contributed by atoms with van der Waals surface area (Å²) in [5, 5.41) is 3.64. The fraction of sp³-hybridized carbons (Fsp3) is 0.400. The van der Waals surface area contributed by atoms with E-state index in [4.69, 9.17) is 58.0 Å². The van der Waals surface area contributed by atoms with Gasteiger partial charge in [-0.15, -0.1) is 23.2 Å². The Bertz CT molecular complexity index is 1260. The van der Waals surface area contributed by atoms with Gasteiger partial charge in [0.25, 0.3) is 0 Å². The number of ketones is 1. The van der Waals surface area contributed by atoms with E-state index in [-0.39, 0.29) is 41.8 Å². The van der Waals surface area contributed by atoms with Crippen molar-refractivity contribution in [3.8, 4) is 0 Å². The largest absolute Gasteiger partial charge is 0.389 e. The number of amides is 2. The number of anilines is 1. The third-order valence-electron chi connectivity index (χ3n) is 6.52. The fourth-order valence-electron chi connectivity index (χ4n) is 4.54. The van der Waals surface area contributed by atoms with Crippen LogP contribution in [0.25, 0.3) is 0 Å². The van der Waals surface area contributed by atoms with E-state index in [1.54, 1.807) is 18.2 Å². The number of rotatable bonds is 8. The van der Waals surface area contributed by atoms with Crippen LogP contribution in [0.4, 0.5) is 18.9 Å². The SMILES string of the molecule is O=C(CC1CN(C(=O)CCC(F)(F)F)C1)c1cc(NC(=O)C2C(c3cc(Cl)cc(Cl)c3)C2(Cl)Cl)ccc1Cl. The van der Waals surface area contributed by atoms with Gasteiger partial charge in [-0.1, -0.05) is 34.8 Å². The summed E-state index contributed by atoms with van der Waals surface area (Å²) in [5.74, 6) is -2.93. The molecule has 2 atom stereocenters. The molecule has 1 heterocycles. The second kappa shape index (κ2) is 11.0. The van der Waals surface area contributed by atoms with Gasteiger partial charge in [0.15, 0.2) is 5.78 Å². The van der Waals surface area contributed by atoms with Crippen molar-refractivity contribution in [1.29, 1.82) is 0 Å².